The topological polar surface area (TPSA) is 82.7 Å². The summed E-state index contributed by atoms with van der Waals surface area (Å²) in [7, 11) is 0. The lowest BCUT2D eigenvalue weighted by Crippen LogP contribution is -2.29. The molecule has 6 heteroatoms. The second kappa shape index (κ2) is 9.22. The van der Waals surface area contributed by atoms with Gasteiger partial charge >= 0.3 is 0 Å². The lowest BCUT2D eigenvalue weighted by Gasteiger charge is -2.14. The standard InChI is InChI=1S/C26H27N5O/c32-26(31-15-18-6-1-2-7-18)22-11-5-13-28-25(22)29-16-19-8-3-9-20(14-19)23-17-30-24-21(23)10-4-12-27-24/h3-5,8-14,17-18H,1-2,6-7,15-16H2,(H,27,30)(H,28,29)(H,31,32). The van der Waals surface area contributed by atoms with Gasteiger partial charge in [0.1, 0.15) is 11.5 Å². The Bertz CT molecular complexity index is 1230. The molecule has 0 unspecified atom stereocenters. The Balaban J connectivity index is 1.29. The predicted molar refractivity (Wildman–Crippen MR) is 127 cm³/mol. The van der Waals surface area contributed by atoms with Crippen LogP contribution in [0, 0.1) is 5.92 Å². The normalized spacial score (nSPS) is 14.0. The number of amides is 1. The van der Waals surface area contributed by atoms with Crippen LogP contribution in [0.5, 0.6) is 0 Å². The van der Waals surface area contributed by atoms with Crippen LogP contribution in [0.4, 0.5) is 5.82 Å². The second-order valence-corrected chi connectivity index (χ2v) is 8.42. The van der Waals surface area contributed by atoms with E-state index in [1.54, 1.807) is 18.5 Å². The lowest BCUT2D eigenvalue weighted by atomic mass is 10.0. The van der Waals surface area contributed by atoms with Gasteiger partial charge in [0, 0.05) is 42.6 Å². The maximum Gasteiger partial charge on any atom is 0.255 e. The predicted octanol–water partition coefficient (Wildman–Crippen LogP) is 5.16. The van der Waals surface area contributed by atoms with E-state index in [1.807, 2.05) is 18.3 Å². The highest BCUT2D eigenvalue weighted by molar-refractivity contribution is 5.98. The molecule has 162 valence electrons. The number of hydrogen-bond donors (Lipinski definition) is 3. The van der Waals surface area contributed by atoms with E-state index in [0.29, 0.717) is 23.8 Å². The minimum absolute atomic E-state index is 0.0625. The van der Waals surface area contributed by atoms with E-state index in [1.165, 1.54) is 25.7 Å². The van der Waals surface area contributed by atoms with Crippen LogP contribution in [0.15, 0.2) is 67.1 Å². The smallest absolute Gasteiger partial charge is 0.255 e. The summed E-state index contributed by atoms with van der Waals surface area (Å²) in [4.78, 5) is 24.8. The summed E-state index contributed by atoms with van der Waals surface area (Å²) in [5.41, 5.74) is 4.83. The number of carbonyl (C=O) groups excluding carboxylic acids is 1. The second-order valence-electron chi connectivity index (χ2n) is 8.42. The Morgan fingerprint density at radius 3 is 2.78 bits per heavy atom. The summed E-state index contributed by atoms with van der Waals surface area (Å²) in [5, 5.41) is 7.55. The molecular formula is C26H27N5O. The maximum absolute atomic E-state index is 12.8. The zero-order chi connectivity index (χ0) is 21.8. The van der Waals surface area contributed by atoms with E-state index in [4.69, 9.17) is 0 Å². The Kier molecular flexibility index (Phi) is 5.83. The Morgan fingerprint density at radius 1 is 1.03 bits per heavy atom. The van der Waals surface area contributed by atoms with E-state index < -0.39 is 0 Å². The molecule has 1 aliphatic carbocycles. The number of anilines is 1. The molecule has 5 rings (SSSR count). The molecule has 1 amide bonds. The van der Waals surface area contributed by atoms with Crippen molar-refractivity contribution < 1.29 is 4.79 Å². The van der Waals surface area contributed by atoms with E-state index >= 15 is 0 Å². The molecule has 6 nitrogen and oxygen atoms in total. The van der Waals surface area contributed by atoms with E-state index in [2.05, 4.69) is 55.9 Å². The van der Waals surface area contributed by atoms with Crippen molar-refractivity contribution in [1.82, 2.24) is 20.3 Å². The van der Waals surface area contributed by atoms with Gasteiger partial charge in [-0.2, -0.15) is 0 Å². The molecule has 1 aliphatic rings. The molecule has 1 aromatic carbocycles. The number of aromatic amines is 1. The van der Waals surface area contributed by atoms with E-state index in [-0.39, 0.29) is 5.91 Å². The molecule has 1 saturated carbocycles. The van der Waals surface area contributed by atoms with Crippen molar-refractivity contribution in [2.24, 2.45) is 5.92 Å². The lowest BCUT2D eigenvalue weighted by molar-refractivity contribution is 0.0948. The molecule has 0 bridgehead atoms. The molecule has 3 N–H and O–H groups in total. The molecule has 3 heterocycles. The van der Waals surface area contributed by atoms with Crippen molar-refractivity contribution in [3.05, 3.63) is 78.2 Å². The molecule has 4 aromatic rings. The molecule has 3 aromatic heterocycles. The van der Waals surface area contributed by atoms with Crippen LogP contribution in [-0.4, -0.2) is 27.4 Å². The van der Waals surface area contributed by atoms with Gasteiger partial charge < -0.3 is 15.6 Å². The van der Waals surface area contributed by atoms with Crippen molar-refractivity contribution in [1.29, 1.82) is 0 Å². The first-order valence-corrected chi connectivity index (χ1v) is 11.3. The van der Waals surface area contributed by atoms with Crippen LogP contribution < -0.4 is 10.6 Å². The summed E-state index contributed by atoms with van der Waals surface area (Å²) in [6, 6.07) is 16.0. The highest BCUT2D eigenvalue weighted by Crippen LogP contribution is 2.28. The highest BCUT2D eigenvalue weighted by atomic mass is 16.1. The van der Waals surface area contributed by atoms with Gasteiger partial charge in [-0.05, 0) is 60.2 Å². The molecule has 0 aliphatic heterocycles. The number of benzene rings is 1. The van der Waals surface area contributed by atoms with Gasteiger partial charge in [0.25, 0.3) is 5.91 Å². The fourth-order valence-corrected chi connectivity index (χ4v) is 4.51. The van der Waals surface area contributed by atoms with Crippen molar-refractivity contribution in [3.63, 3.8) is 0 Å². The van der Waals surface area contributed by atoms with Crippen LogP contribution in [0.3, 0.4) is 0 Å². The van der Waals surface area contributed by atoms with Gasteiger partial charge in [0.2, 0.25) is 0 Å². The molecule has 1 fully saturated rings. The number of aromatic nitrogens is 3. The average Bonchev–Trinajstić information content (AvgIpc) is 3.52. The first-order chi connectivity index (χ1) is 15.8. The Morgan fingerprint density at radius 2 is 1.88 bits per heavy atom. The molecule has 0 atom stereocenters. The van der Waals surface area contributed by atoms with Crippen molar-refractivity contribution in [2.45, 2.75) is 32.2 Å². The number of fused-ring (bicyclic) bond motifs is 1. The molecule has 32 heavy (non-hydrogen) atoms. The van der Waals surface area contributed by atoms with Gasteiger partial charge in [0.15, 0.2) is 0 Å². The summed E-state index contributed by atoms with van der Waals surface area (Å²) >= 11 is 0. The van der Waals surface area contributed by atoms with Crippen molar-refractivity contribution >= 4 is 22.8 Å². The minimum Gasteiger partial charge on any atom is -0.365 e. The molecule has 0 spiro atoms. The van der Waals surface area contributed by atoms with Gasteiger partial charge in [-0.15, -0.1) is 0 Å². The van der Waals surface area contributed by atoms with Gasteiger partial charge in [-0.25, -0.2) is 9.97 Å². The monoisotopic (exact) mass is 425 g/mol. The first-order valence-electron chi connectivity index (χ1n) is 11.3. The maximum atomic E-state index is 12.8. The third-order valence-corrected chi connectivity index (χ3v) is 6.23. The van der Waals surface area contributed by atoms with Crippen LogP contribution in [0.1, 0.15) is 41.6 Å². The largest absolute Gasteiger partial charge is 0.365 e. The van der Waals surface area contributed by atoms with Crippen LogP contribution in [0.25, 0.3) is 22.2 Å². The van der Waals surface area contributed by atoms with E-state index in [9.17, 15) is 4.79 Å². The number of rotatable bonds is 7. The van der Waals surface area contributed by atoms with Crippen molar-refractivity contribution in [3.8, 4) is 11.1 Å². The average molecular weight is 426 g/mol. The number of nitrogens with zero attached hydrogens (tertiary/aromatic N) is 2. The number of H-pyrrole nitrogens is 1. The highest BCUT2D eigenvalue weighted by Gasteiger charge is 2.18. The molecule has 0 saturated heterocycles. The Labute approximate surface area is 187 Å². The Hall–Kier alpha value is -3.67. The molecule has 0 radical (unpaired) electrons. The number of nitrogens with one attached hydrogen (secondary N) is 3. The minimum atomic E-state index is -0.0625. The van der Waals surface area contributed by atoms with Gasteiger partial charge in [0.05, 0.1) is 5.56 Å². The third kappa shape index (κ3) is 4.35. The quantitative estimate of drug-likeness (QED) is 0.382. The number of pyridine rings is 2. The fraction of sp³-hybridized carbons (Fsp3) is 0.269. The van der Waals surface area contributed by atoms with Crippen LogP contribution in [-0.2, 0) is 6.54 Å². The third-order valence-electron chi connectivity index (χ3n) is 6.23. The van der Waals surface area contributed by atoms with Crippen molar-refractivity contribution in [2.75, 3.05) is 11.9 Å². The number of hydrogen-bond acceptors (Lipinski definition) is 4. The van der Waals surface area contributed by atoms with Crippen LogP contribution >= 0.6 is 0 Å². The first kappa shape index (κ1) is 20.2. The van der Waals surface area contributed by atoms with Crippen LogP contribution in [0.2, 0.25) is 0 Å². The summed E-state index contributed by atoms with van der Waals surface area (Å²) < 4.78 is 0. The SMILES string of the molecule is O=C(NCC1CCCC1)c1cccnc1NCc1cccc(-c2c[nH]c3ncccc23)c1. The zero-order valence-corrected chi connectivity index (χ0v) is 18.0. The fourth-order valence-electron chi connectivity index (χ4n) is 4.51. The zero-order valence-electron chi connectivity index (χ0n) is 18.0. The molecular weight excluding hydrogens is 398 g/mol. The summed E-state index contributed by atoms with van der Waals surface area (Å²) in [6.45, 7) is 1.32. The number of carbonyl (C=O) groups is 1. The van der Waals surface area contributed by atoms with E-state index in [0.717, 1.165) is 34.3 Å². The summed E-state index contributed by atoms with van der Waals surface area (Å²) in [5.74, 6) is 1.15. The van der Waals surface area contributed by atoms with Gasteiger partial charge in [-0.3, -0.25) is 4.79 Å². The summed E-state index contributed by atoms with van der Waals surface area (Å²) in [6.07, 6.45) is 10.5. The van der Waals surface area contributed by atoms with Gasteiger partial charge in [-0.1, -0.05) is 31.0 Å².